The lowest BCUT2D eigenvalue weighted by molar-refractivity contribution is 0.0238. The van der Waals surface area contributed by atoms with Crippen LogP contribution in [-0.4, -0.2) is 18.1 Å². The molecule has 1 nitrogen and oxygen atoms in total. The summed E-state index contributed by atoms with van der Waals surface area (Å²) in [7, 11) is 0. The molecule has 0 aliphatic carbocycles. The zero-order valence-electron chi connectivity index (χ0n) is 8.38. The van der Waals surface area contributed by atoms with Crippen molar-refractivity contribution in [2.45, 2.75) is 31.8 Å². The van der Waals surface area contributed by atoms with Crippen molar-refractivity contribution in [1.29, 1.82) is 0 Å². The fourth-order valence-electron chi connectivity index (χ4n) is 2.01. The molecule has 1 aromatic heterocycles. The average molecular weight is 231 g/mol. The Morgan fingerprint density at radius 3 is 3.00 bits per heavy atom. The third kappa shape index (κ3) is 2.13. The maximum Gasteiger partial charge on any atom is 0.0858 e. The van der Waals surface area contributed by atoms with Gasteiger partial charge in [-0.25, -0.2) is 0 Å². The lowest BCUT2D eigenvalue weighted by Crippen LogP contribution is -2.32. The van der Waals surface area contributed by atoms with Gasteiger partial charge in [0.25, 0.3) is 0 Å². The second kappa shape index (κ2) is 4.21. The van der Waals surface area contributed by atoms with Gasteiger partial charge in [0.05, 0.1) is 11.5 Å². The maximum absolute atomic E-state index is 6.00. The monoisotopic (exact) mass is 230 g/mol. The van der Waals surface area contributed by atoms with Crippen LogP contribution in [0.3, 0.4) is 0 Å². The highest BCUT2D eigenvalue weighted by Crippen LogP contribution is 2.31. The van der Waals surface area contributed by atoms with Crippen molar-refractivity contribution >= 4 is 22.9 Å². The third-order valence-corrected chi connectivity index (χ3v) is 4.14. The summed E-state index contributed by atoms with van der Waals surface area (Å²) in [6.07, 6.45) is 3.22. The van der Waals surface area contributed by atoms with Gasteiger partial charge in [-0.15, -0.1) is 22.9 Å². The molecule has 1 atom stereocenters. The summed E-state index contributed by atoms with van der Waals surface area (Å²) in [5.41, 5.74) is 1.30. The molecule has 1 saturated heterocycles. The number of hydrogen-bond donors (Lipinski definition) is 0. The Morgan fingerprint density at radius 1 is 1.64 bits per heavy atom. The first-order valence-corrected chi connectivity index (χ1v) is 6.39. The minimum Gasteiger partial charge on any atom is -0.373 e. The minimum absolute atomic E-state index is 0.0743. The van der Waals surface area contributed by atoms with E-state index in [4.69, 9.17) is 16.3 Å². The van der Waals surface area contributed by atoms with E-state index >= 15 is 0 Å². The first-order chi connectivity index (χ1) is 6.74. The van der Waals surface area contributed by atoms with Crippen LogP contribution in [0.2, 0.25) is 0 Å². The van der Waals surface area contributed by atoms with Crippen LogP contribution >= 0.6 is 22.9 Å². The summed E-state index contributed by atoms with van der Waals surface area (Å²) in [6.45, 7) is 3.01. The van der Waals surface area contributed by atoms with E-state index in [0.717, 1.165) is 25.9 Å². The molecule has 0 amide bonds. The Hall–Kier alpha value is -0.0500. The van der Waals surface area contributed by atoms with Crippen LogP contribution in [0, 0.1) is 6.92 Å². The first-order valence-electron chi connectivity index (χ1n) is 4.98. The Balaban J connectivity index is 2.08. The van der Waals surface area contributed by atoms with Crippen molar-refractivity contribution in [3.63, 3.8) is 0 Å². The molecule has 14 heavy (non-hydrogen) atoms. The van der Waals surface area contributed by atoms with Crippen LogP contribution in [0.15, 0.2) is 11.4 Å². The highest BCUT2D eigenvalue weighted by atomic mass is 35.5. The molecule has 1 unspecified atom stereocenters. The van der Waals surface area contributed by atoms with Crippen LogP contribution in [0.25, 0.3) is 0 Å². The highest BCUT2D eigenvalue weighted by Gasteiger charge is 2.34. The molecule has 0 radical (unpaired) electrons. The van der Waals surface area contributed by atoms with Crippen LogP contribution < -0.4 is 0 Å². The Bertz CT molecular complexity index is 302. The Labute approximate surface area is 94.0 Å². The number of alkyl halides is 1. The van der Waals surface area contributed by atoms with Crippen molar-refractivity contribution < 1.29 is 4.74 Å². The van der Waals surface area contributed by atoms with Gasteiger partial charge in [0.2, 0.25) is 0 Å². The summed E-state index contributed by atoms with van der Waals surface area (Å²) in [6, 6.07) is 2.24. The molecule has 2 rings (SSSR count). The van der Waals surface area contributed by atoms with Gasteiger partial charge in [-0.05, 0) is 36.8 Å². The van der Waals surface area contributed by atoms with Crippen LogP contribution in [-0.2, 0) is 11.2 Å². The number of hydrogen-bond acceptors (Lipinski definition) is 2. The smallest absolute Gasteiger partial charge is 0.0858 e. The fraction of sp³-hybridized carbons (Fsp3) is 0.636. The van der Waals surface area contributed by atoms with Crippen LogP contribution in [0.5, 0.6) is 0 Å². The van der Waals surface area contributed by atoms with Gasteiger partial charge in [-0.3, -0.25) is 0 Å². The van der Waals surface area contributed by atoms with E-state index in [2.05, 4.69) is 18.4 Å². The van der Waals surface area contributed by atoms with E-state index in [1.54, 1.807) is 11.3 Å². The van der Waals surface area contributed by atoms with Gasteiger partial charge in [0, 0.05) is 17.9 Å². The number of thiophene rings is 1. The third-order valence-electron chi connectivity index (χ3n) is 2.74. The Morgan fingerprint density at radius 2 is 2.50 bits per heavy atom. The van der Waals surface area contributed by atoms with Crippen molar-refractivity contribution in [2.75, 3.05) is 12.5 Å². The molecule has 0 aromatic carbocycles. The van der Waals surface area contributed by atoms with Crippen molar-refractivity contribution in [2.24, 2.45) is 0 Å². The molecule has 1 aromatic rings. The fourth-order valence-corrected chi connectivity index (χ4v) is 3.02. The first kappa shape index (κ1) is 10.5. The van der Waals surface area contributed by atoms with Gasteiger partial charge in [0.15, 0.2) is 0 Å². The number of aryl methyl sites for hydroxylation is 1. The van der Waals surface area contributed by atoms with Crippen LogP contribution in [0.1, 0.15) is 23.3 Å². The van der Waals surface area contributed by atoms with Gasteiger partial charge in [-0.2, -0.15) is 0 Å². The molecular formula is C11H15ClOS. The summed E-state index contributed by atoms with van der Waals surface area (Å²) in [5.74, 6) is 0.613. The molecule has 0 bridgehead atoms. The molecule has 0 spiro atoms. The highest BCUT2D eigenvalue weighted by molar-refractivity contribution is 7.10. The largest absolute Gasteiger partial charge is 0.373 e. The molecule has 1 aliphatic rings. The van der Waals surface area contributed by atoms with E-state index in [1.807, 2.05) is 0 Å². The van der Waals surface area contributed by atoms with Crippen molar-refractivity contribution in [1.82, 2.24) is 0 Å². The summed E-state index contributed by atoms with van der Waals surface area (Å²) in [4.78, 5) is 1.36. The minimum atomic E-state index is -0.0743. The topological polar surface area (TPSA) is 9.23 Å². The molecule has 1 aliphatic heterocycles. The van der Waals surface area contributed by atoms with E-state index in [0.29, 0.717) is 5.88 Å². The van der Waals surface area contributed by atoms with Crippen molar-refractivity contribution in [3.8, 4) is 0 Å². The quantitative estimate of drug-likeness (QED) is 0.724. The number of halogens is 1. The van der Waals surface area contributed by atoms with Gasteiger partial charge in [0.1, 0.15) is 0 Å². The molecule has 2 heterocycles. The number of rotatable bonds is 3. The zero-order chi connectivity index (χ0) is 10.0. The van der Waals surface area contributed by atoms with E-state index in [1.165, 1.54) is 10.4 Å². The molecule has 3 heteroatoms. The standard InChI is InChI=1S/C11H15ClOS/c1-9-5-10(7-14-9)6-11(8-12)3-2-4-13-11/h5,7H,2-4,6,8H2,1H3. The van der Waals surface area contributed by atoms with Gasteiger partial charge in [-0.1, -0.05) is 0 Å². The molecular weight excluding hydrogens is 216 g/mol. The Kier molecular flexibility index (Phi) is 3.15. The molecule has 0 saturated carbocycles. The normalized spacial score (nSPS) is 27.0. The van der Waals surface area contributed by atoms with Gasteiger partial charge >= 0.3 is 0 Å². The number of ether oxygens (including phenoxy) is 1. The zero-order valence-corrected chi connectivity index (χ0v) is 9.96. The van der Waals surface area contributed by atoms with Crippen molar-refractivity contribution in [3.05, 3.63) is 21.9 Å². The van der Waals surface area contributed by atoms with E-state index in [9.17, 15) is 0 Å². The summed E-state index contributed by atoms with van der Waals surface area (Å²) in [5, 5.41) is 2.21. The second-order valence-electron chi connectivity index (χ2n) is 4.01. The molecule has 1 fully saturated rings. The molecule has 78 valence electrons. The molecule has 0 N–H and O–H groups in total. The predicted octanol–water partition coefficient (Wildman–Crippen LogP) is 3.39. The lowest BCUT2D eigenvalue weighted by Gasteiger charge is -2.25. The van der Waals surface area contributed by atoms with Crippen LogP contribution in [0.4, 0.5) is 0 Å². The SMILES string of the molecule is Cc1cc(CC2(CCl)CCCO2)cs1. The summed E-state index contributed by atoms with van der Waals surface area (Å²) < 4.78 is 5.78. The lowest BCUT2D eigenvalue weighted by atomic mass is 9.95. The second-order valence-corrected chi connectivity index (χ2v) is 5.39. The van der Waals surface area contributed by atoms with E-state index < -0.39 is 0 Å². The average Bonchev–Trinajstić information content (AvgIpc) is 2.77. The van der Waals surface area contributed by atoms with E-state index in [-0.39, 0.29) is 5.60 Å². The summed E-state index contributed by atoms with van der Waals surface area (Å²) >= 11 is 7.80. The van der Waals surface area contributed by atoms with Gasteiger partial charge < -0.3 is 4.74 Å². The maximum atomic E-state index is 6.00. The predicted molar refractivity (Wildman–Crippen MR) is 61.4 cm³/mol.